The van der Waals surface area contributed by atoms with Crippen LogP contribution in [0.25, 0.3) is 0 Å². The molecule has 0 saturated carbocycles. The summed E-state index contributed by atoms with van der Waals surface area (Å²) < 4.78 is 5.41. The molecule has 0 radical (unpaired) electrons. The number of benzene rings is 1. The summed E-state index contributed by atoms with van der Waals surface area (Å²) in [6, 6.07) is 7.40. The topological polar surface area (TPSA) is 32.8 Å². The number of carbonyl (C=O) groups excluding carboxylic acids is 1. The predicted octanol–water partition coefficient (Wildman–Crippen LogP) is 2.52. The van der Waals surface area contributed by atoms with Gasteiger partial charge in [-0.3, -0.25) is 4.79 Å². The Labute approximate surface area is 131 Å². The normalized spacial score (nSPS) is 16.2. The maximum Gasteiger partial charge on any atom is 0.254 e. The molecule has 4 nitrogen and oxygen atoms in total. The molecular formula is C16H23ClN2O2. The van der Waals surface area contributed by atoms with Gasteiger partial charge in [-0.05, 0) is 51.2 Å². The molecule has 1 aromatic carbocycles. The van der Waals surface area contributed by atoms with Crippen LogP contribution in [-0.4, -0.2) is 62.1 Å². The van der Waals surface area contributed by atoms with Gasteiger partial charge in [-0.15, -0.1) is 0 Å². The van der Waals surface area contributed by atoms with Crippen molar-refractivity contribution in [3.8, 4) is 0 Å². The fourth-order valence-electron chi connectivity index (χ4n) is 2.51. The number of carbonyl (C=O) groups is 1. The van der Waals surface area contributed by atoms with Gasteiger partial charge in [0.25, 0.3) is 5.91 Å². The van der Waals surface area contributed by atoms with Crippen molar-refractivity contribution in [2.45, 2.75) is 18.9 Å². The van der Waals surface area contributed by atoms with Crippen molar-refractivity contribution in [1.82, 2.24) is 9.80 Å². The smallest absolute Gasteiger partial charge is 0.254 e. The third-order valence-corrected chi connectivity index (χ3v) is 4.02. The first kappa shape index (κ1) is 16.3. The first-order chi connectivity index (χ1) is 10.1. The van der Waals surface area contributed by atoms with Crippen LogP contribution in [0.1, 0.15) is 23.2 Å². The van der Waals surface area contributed by atoms with Crippen molar-refractivity contribution >= 4 is 17.5 Å². The minimum Gasteiger partial charge on any atom is -0.381 e. The summed E-state index contributed by atoms with van der Waals surface area (Å²) in [7, 11) is 4.05. The van der Waals surface area contributed by atoms with Gasteiger partial charge in [0.2, 0.25) is 0 Å². The molecule has 0 N–H and O–H groups in total. The monoisotopic (exact) mass is 310 g/mol. The summed E-state index contributed by atoms with van der Waals surface area (Å²) in [5, 5.41) is 0.650. The molecule has 1 aliphatic rings. The van der Waals surface area contributed by atoms with Gasteiger partial charge in [-0.1, -0.05) is 11.6 Å². The standard InChI is InChI=1S/C16H23ClN2O2/c1-18(2)9-10-19(15-7-11-21-12-8-15)16(20)13-3-5-14(17)6-4-13/h3-6,15H,7-12H2,1-2H3. The second-order valence-electron chi connectivity index (χ2n) is 5.65. The number of hydrogen-bond acceptors (Lipinski definition) is 3. The van der Waals surface area contributed by atoms with Gasteiger partial charge in [0, 0.05) is 42.9 Å². The van der Waals surface area contributed by atoms with Crippen molar-refractivity contribution < 1.29 is 9.53 Å². The van der Waals surface area contributed by atoms with Gasteiger partial charge in [0.05, 0.1) is 0 Å². The summed E-state index contributed by atoms with van der Waals surface area (Å²) in [4.78, 5) is 16.9. The Bertz CT molecular complexity index is 456. The fraction of sp³-hybridized carbons (Fsp3) is 0.562. The lowest BCUT2D eigenvalue weighted by Crippen LogP contribution is -2.46. The third kappa shape index (κ3) is 4.70. The first-order valence-electron chi connectivity index (χ1n) is 7.37. The van der Waals surface area contributed by atoms with Crippen LogP contribution in [0.15, 0.2) is 24.3 Å². The van der Waals surface area contributed by atoms with E-state index in [1.807, 2.05) is 19.0 Å². The number of rotatable bonds is 5. The lowest BCUT2D eigenvalue weighted by atomic mass is 10.1. The van der Waals surface area contributed by atoms with Gasteiger partial charge in [0.1, 0.15) is 0 Å². The molecule has 1 aromatic rings. The minimum absolute atomic E-state index is 0.0837. The number of hydrogen-bond donors (Lipinski definition) is 0. The van der Waals surface area contributed by atoms with Crippen molar-refractivity contribution in [2.75, 3.05) is 40.4 Å². The Kier molecular flexibility index (Phi) is 6.03. The van der Waals surface area contributed by atoms with E-state index in [4.69, 9.17) is 16.3 Å². The molecular weight excluding hydrogens is 288 g/mol. The highest BCUT2D eigenvalue weighted by Gasteiger charge is 2.26. The first-order valence-corrected chi connectivity index (χ1v) is 7.74. The van der Waals surface area contributed by atoms with E-state index in [1.165, 1.54) is 0 Å². The summed E-state index contributed by atoms with van der Waals surface area (Å²) in [5.74, 6) is 0.0837. The van der Waals surface area contributed by atoms with Gasteiger partial charge in [-0.2, -0.15) is 0 Å². The maximum atomic E-state index is 12.8. The average Bonchev–Trinajstić information content (AvgIpc) is 2.49. The molecule has 1 amide bonds. The average molecular weight is 311 g/mol. The minimum atomic E-state index is 0.0837. The number of likely N-dealkylation sites (N-methyl/N-ethyl adjacent to an activating group) is 1. The molecule has 1 aliphatic heterocycles. The molecule has 1 fully saturated rings. The van der Waals surface area contributed by atoms with Gasteiger partial charge in [0.15, 0.2) is 0 Å². The van der Waals surface area contributed by atoms with Crippen LogP contribution in [0.3, 0.4) is 0 Å². The molecule has 0 bridgehead atoms. The Hall–Kier alpha value is -1.10. The zero-order chi connectivity index (χ0) is 15.2. The lowest BCUT2D eigenvalue weighted by molar-refractivity contribution is 0.0276. The molecule has 2 rings (SSSR count). The second-order valence-corrected chi connectivity index (χ2v) is 6.09. The van der Waals surface area contributed by atoms with E-state index in [2.05, 4.69) is 4.90 Å². The highest BCUT2D eigenvalue weighted by atomic mass is 35.5. The number of amides is 1. The van der Waals surface area contributed by atoms with Crippen LogP contribution in [0.4, 0.5) is 0 Å². The molecule has 0 atom stereocenters. The van der Waals surface area contributed by atoms with Crippen LogP contribution < -0.4 is 0 Å². The third-order valence-electron chi connectivity index (χ3n) is 3.77. The van der Waals surface area contributed by atoms with E-state index in [9.17, 15) is 4.79 Å². The van der Waals surface area contributed by atoms with E-state index < -0.39 is 0 Å². The predicted molar refractivity (Wildman–Crippen MR) is 84.9 cm³/mol. The van der Waals surface area contributed by atoms with E-state index in [-0.39, 0.29) is 11.9 Å². The number of ether oxygens (including phenoxy) is 1. The van der Waals surface area contributed by atoms with Crippen molar-refractivity contribution in [1.29, 1.82) is 0 Å². The number of nitrogens with zero attached hydrogens (tertiary/aromatic N) is 2. The highest BCUT2D eigenvalue weighted by molar-refractivity contribution is 6.30. The zero-order valence-electron chi connectivity index (χ0n) is 12.7. The van der Waals surface area contributed by atoms with Crippen molar-refractivity contribution in [2.24, 2.45) is 0 Å². The Balaban J connectivity index is 2.12. The maximum absolute atomic E-state index is 12.8. The van der Waals surface area contributed by atoms with E-state index >= 15 is 0 Å². The van der Waals surface area contributed by atoms with Crippen molar-refractivity contribution in [3.63, 3.8) is 0 Å². The molecule has 5 heteroatoms. The Morgan fingerprint density at radius 3 is 2.38 bits per heavy atom. The summed E-state index contributed by atoms with van der Waals surface area (Å²) >= 11 is 5.90. The summed E-state index contributed by atoms with van der Waals surface area (Å²) in [6.07, 6.45) is 1.82. The van der Waals surface area contributed by atoms with Crippen LogP contribution in [0.5, 0.6) is 0 Å². The molecule has 116 valence electrons. The van der Waals surface area contributed by atoms with Crippen LogP contribution >= 0.6 is 11.6 Å². The molecule has 1 saturated heterocycles. The highest BCUT2D eigenvalue weighted by Crippen LogP contribution is 2.18. The largest absolute Gasteiger partial charge is 0.381 e. The second kappa shape index (κ2) is 7.78. The van der Waals surface area contributed by atoms with Gasteiger partial charge < -0.3 is 14.5 Å². The van der Waals surface area contributed by atoms with Gasteiger partial charge in [-0.25, -0.2) is 0 Å². The molecule has 1 heterocycles. The molecule has 0 spiro atoms. The molecule has 0 aromatic heterocycles. The SMILES string of the molecule is CN(C)CCN(C(=O)c1ccc(Cl)cc1)C1CCOCC1. The lowest BCUT2D eigenvalue weighted by Gasteiger charge is -2.35. The molecule has 0 unspecified atom stereocenters. The van der Waals surface area contributed by atoms with E-state index in [0.717, 1.165) is 39.1 Å². The molecule has 0 aliphatic carbocycles. The van der Waals surface area contributed by atoms with Crippen LogP contribution in [0.2, 0.25) is 5.02 Å². The van der Waals surface area contributed by atoms with Gasteiger partial charge >= 0.3 is 0 Å². The fourth-order valence-corrected chi connectivity index (χ4v) is 2.64. The molecule has 21 heavy (non-hydrogen) atoms. The summed E-state index contributed by atoms with van der Waals surface area (Å²) in [5.41, 5.74) is 0.699. The van der Waals surface area contributed by atoms with E-state index in [1.54, 1.807) is 24.3 Å². The Morgan fingerprint density at radius 1 is 1.19 bits per heavy atom. The van der Waals surface area contributed by atoms with Crippen molar-refractivity contribution in [3.05, 3.63) is 34.9 Å². The summed E-state index contributed by atoms with van der Waals surface area (Å²) in [6.45, 7) is 3.06. The van der Waals surface area contributed by atoms with E-state index in [0.29, 0.717) is 10.6 Å². The van der Waals surface area contributed by atoms with Crippen LogP contribution in [0, 0.1) is 0 Å². The zero-order valence-corrected chi connectivity index (χ0v) is 13.5. The Morgan fingerprint density at radius 2 is 1.81 bits per heavy atom. The van der Waals surface area contributed by atoms with Crippen LogP contribution in [-0.2, 0) is 4.74 Å². The number of halogens is 1. The quantitative estimate of drug-likeness (QED) is 0.838.